The molecule has 0 atom stereocenters. The molecular weight excluding hydrogens is 332 g/mol. The first-order chi connectivity index (χ1) is 11.3. The Hall–Kier alpha value is -1.58. The summed E-state index contributed by atoms with van der Waals surface area (Å²) in [6.07, 6.45) is 1.93. The van der Waals surface area contributed by atoms with Crippen molar-refractivity contribution in [2.75, 3.05) is 33.4 Å². The minimum Gasteiger partial charge on any atom is -0.383 e. The molecular formula is C14H20N6OS2. The maximum absolute atomic E-state index is 5.41. The lowest BCUT2D eigenvalue weighted by Crippen LogP contribution is -2.45. The highest BCUT2D eigenvalue weighted by Crippen LogP contribution is 2.24. The molecule has 2 aromatic heterocycles. The lowest BCUT2D eigenvalue weighted by Gasteiger charge is -2.33. The second-order valence-corrected chi connectivity index (χ2v) is 6.69. The maximum atomic E-state index is 5.41. The normalized spacial score (nSPS) is 15.8. The topological polar surface area (TPSA) is 68.1 Å². The van der Waals surface area contributed by atoms with Gasteiger partial charge in [0.2, 0.25) is 5.82 Å². The number of thiophene rings is 1. The minimum absolute atomic E-state index is 0.286. The van der Waals surface area contributed by atoms with Crippen LogP contribution < -0.4 is 5.32 Å². The zero-order valence-corrected chi connectivity index (χ0v) is 14.6. The standard InChI is InChI=1S/C14H20N6OS2/c1-21-9-6-15-14(22)19-7-4-11(5-8-19)20-17-13(16-18-20)12-3-2-10-23-12/h2-3,10-11H,4-9H2,1H3,(H,15,22). The molecule has 23 heavy (non-hydrogen) atoms. The Balaban J connectivity index is 1.52. The SMILES string of the molecule is COCCNC(=S)N1CCC(n2nnc(-c3cccs3)n2)CC1. The van der Waals surface area contributed by atoms with Gasteiger partial charge in [0.15, 0.2) is 5.11 Å². The number of ether oxygens (including phenoxy) is 1. The number of methoxy groups -OCH3 is 1. The van der Waals surface area contributed by atoms with Gasteiger partial charge in [-0.1, -0.05) is 6.07 Å². The summed E-state index contributed by atoms with van der Waals surface area (Å²) >= 11 is 7.04. The summed E-state index contributed by atoms with van der Waals surface area (Å²) in [5.41, 5.74) is 0. The molecule has 3 rings (SSSR count). The van der Waals surface area contributed by atoms with Crippen molar-refractivity contribution >= 4 is 28.7 Å². The predicted octanol–water partition coefficient (Wildman–Crippen LogP) is 1.56. The van der Waals surface area contributed by atoms with Crippen molar-refractivity contribution in [3.8, 4) is 10.7 Å². The van der Waals surface area contributed by atoms with Gasteiger partial charge in [0.05, 0.1) is 17.5 Å². The molecule has 1 N–H and O–H groups in total. The first-order valence-corrected chi connectivity index (χ1v) is 8.92. The molecule has 0 aliphatic carbocycles. The Morgan fingerprint density at radius 3 is 3.00 bits per heavy atom. The molecule has 0 amide bonds. The summed E-state index contributed by atoms with van der Waals surface area (Å²) < 4.78 is 5.02. The number of piperidine rings is 1. The van der Waals surface area contributed by atoms with Gasteiger partial charge >= 0.3 is 0 Å². The van der Waals surface area contributed by atoms with Gasteiger partial charge in [0, 0.05) is 26.7 Å². The molecule has 0 aromatic carbocycles. The van der Waals surface area contributed by atoms with E-state index >= 15 is 0 Å². The summed E-state index contributed by atoms with van der Waals surface area (Å²) in [6, 6.07) is 4.30. The Morgan fingerprint density at radius 2 is 2.30 bits per heavy atom. The Bertz CT molecular complexity index is 621. The van der Waals surface area contributed by atoms with E-state index in [9.17, 15) is 0 Å². The first kappa shape index (κ1) is 16.3. The van der Waals surface area contributed by atoms with Crippen LogP contribution in [0.15, 0.2) is 17.5 Å². The predicted molar refractivity (Wildman–Crippen MR) is 93.5 cm³/mol. The zero-order valence-electron chi connectivity index (χ0n) is 13.0. The highest BCUT2D eigenvalue weighted by atomic mass is 32.1. The van der Waals surface area contributed by atoms with Gasteiger partial charge in [0.1, 0.15) is 0 Å². The van der Waals surface area contributed by atoms with E-state index in [1.165, 1.54) is 0 Å². The smallest absolute Gasteiger partial charge is 0.214 e. The fraction of sp³-hybridized carbons (Fsp3) is 0.571. The molecule has 1 aliphatic rings. The molecule has 0 bridgehead atoms. The molecule has 124 valence electrons. The molecule has 0 spiro atoms. The summed E-state index contributed by atoms with van der Waals surface area (Å²) in [5, 5.41) is 18.9. The van der Waals surface area contributed by atoms with Crippen LogP contribution in [0.4, 0.5) is 0 Å². The number of nitrogens with zero attached hydrogens (tertiary/aromatic N) is 5. The Labute approximate surface area is 144 Å². The molecule has 7 nitrogen and oxygen atoms in total. The van der Waals surface area contributed by atoms with Crippen LogP contribution in [0.5, 0.6) is 0 Å². The average molecular weight is 352 g/mol. The Morgan fingerprint density at radius 1 is 1.48 bits per heavy atom. The summed E-state index contributed by atoms with van der Waals surface area (Å²) in [5.74, 6) is 0.708. The third kappa shape index (κ3) is 4.04. The maximum Gasteiger partial charge on any atom is 0.214 e. The van der Waals surface area contributed by atoms with E-state index < -0.39 is 0 Å². The molecule has 1 aliphatic heterocycles. The zero-order chi connectivity index (χ0) is 16.1. The highest BCUT2D eigenvalue weighted by Gasteiger charge is 2.24. The molecule has 0 saturated carbocycles. The first-order valence-electron chi connectivity index (χ1n) is 7.63. The molecule has 2 aromatic rings. The van der Waals surface area contributed by atoms with Crippen LogP contribution in [0.1, 0.15) is 18.9 Å². The Kier molecular flexibility index (Phi) is 5.52. The van der Waals surface area contributed by atoms with Crippen LogP contribution in [0.2, 0.25) is 0 Å². The van der Waals surface area contributed by atoms with Gasteiger partial charge in [-0.25, -0.2) is 0 Å². The number of aromatic nitrogens is 4. The van der Waals surface area contributed by atoms with E-state index in [2.05, 4.69) is 25.6 Å². The van der Waals surface area contributed by atoms with E-state index in [0.29, 0.717) is 12.4 Å². The van der Waals surface area contributed by atoms with Crippen LogP contribution in [-0.4, -0.2) is 63.6 Å². The molecule has 9 heteroatoms. The van der Waals surface area contributed by atoms with E-state index in [4.69, 9.17) is 17.0 Å². The third-order valence-electron chi connectivity index (χ3n) is 3.83. The van der Waals surface area contributed by atoms with Crippen LogP contribution in [0.25, 0.3) is 10.7 Å². The quantitative estimate of drug-likeness (QED) is 0.647. The molecule has 0 unspecified atom stereocenters. The summed E-state index contributed by atoms with van der Waals surface area (Å²) in [7, 11) is 1.69. The van der Waals surface area contributed by atoms with Gasteiger partial charge in [-0.05, 0) is 41.7 Å². The summed E-state index contributed by atoms with van der Waals surface area (Å²) in [4.78, 5) is 5.00. The van der Waals surface area contributed by atoms with Crippen molar-refractivity contribution in [1.29, 1.82) is 0 Å². The number of nitrogens with one attached hydrogen (secondary N) is 1. The van der Waals surface area contributed by atoms with E-state index in [1.807, 2.05) is 17.5 Å². The van der Waals surface area contributed by atoms with Crippen molar-refractivity contribution in [2.45, 2.75) is 18.9 Å². The number of likely N-dealkylation sites (tertiary alicyclic amines) is 1. The minimum atomic E-state index is 0.286. The van der Waals surface area contributed by atoms with Gasteiger partial charge in [-0.2, -0.15) is 4.80 Å². The second-order valence-electron chi connectivity index (χ2n) is 5.35. The number of tetrazole rings is 1. The van der Waals surface area contributed by atoms with Crippen LogP contribution >= 0.6 is 23.6 Å². The highest BCUT2D eigenvalue weighted by molar-refractivity contribution is 7.80. The van der Waals surface area contributed by atoms with Gasteiger partial charge in [-0.3, -0.25) is 0 Å². The lowest BCUT2D eigenvalue weighted by atomic mass is 10.1. The average Bonchev–Trinajstić information content (AvgIpc) is 3.26. The van der Waals surface area contributed by atoms with Gasteiger partial charge in [0.25, 0.3) is 0 Å². The van der Waals surface area contributed by atoms with Crippen LogP contribution in [0.3, 0.4) is 0 Å². The van der Waals surface area contributed by atoms with Crippen molar-refractivity contribution < 1.29 is 4.74 Å². The fourth-order valence-corrected chi connectivity index (χ4v) is 3.49. The van der Waals surface area contributed by atoms with Gasteiger partial charge < -0.3 is 15.0 Å². The van der Waals surface area contributed by atoms with Crippen molar-refractivity contribution in [3.63, 3.8) is 0 Å². The summed E-state index contributed by atoms with van der Waals surface area (Å²) in [6.45, 7) is 3.20. The molecule has 1 fully saturated rings. The second kappa shape index (κ2) is 7.80. The van der Waals surface area contributed by atoms with E-state index in [-0.39, 0.29) is 6.04 Å². The number of thiocarbonyl (C=S) groups is 1. The lowest BCUT2D eigenvalue weighted by molar-refractivity contribution is 0.200. The van der Waals surface area contributed by atoms with Crippen molar-refractivity contribution in [2.24, 2.45) is 0 Å². The third-order valence-corrected chi connectivity index (χ3v) is 5.10. The van der Waals surface area contributed by atoms with Crippen LogP contribution in [0, 0.1) is 0 Å². The van der Waals surface area contributed by atoms with E-state index in [1.54, 1.807) is 23.2 Å². The molecule has 1 saturated heterocycles. The van der Waals surface area contributed by atoms with Crippen molar-refractivity contribution in [3.05, 3.63) is 17.5 Å². The van der Waals surface area contributed by atoms with E-state index in [0.717, 1.165) is 42.5 Å². The molecule has 0 radical (unpaired) electrons. The van der Waals surface area contributed by atoms with Gasteiger partial charge in [-0.15, -0.1) is 21.5 Å². The fourth-order valence-electron chi connectivity index (χ4n) is 2.56. The van der Waals surface area contributed by atoms with Crippen molar-refractivity contribution in [1.82, 2.24) is 30.4 Å². The number of rotatable bonds is 5. The van der Waals surface area contributed by atoms with Crippen LogP contribution in [-0.2, 0) is 4.74 Å². The number of hydrogen-bond acceptors (Lipinski definition) is 6. The largest absolute Gasteiger partial charge is 0.383 e. The number of hydrogen-bond donors (Lipinski definition) is 1. The molecule has 3 heterocycles. The monoisotopic (exact) mass is 352 g/mol.